The second kappa shape index (κ2) is 6.73. The van der Waals surface area contributed by atoms with Crippen LogP contribution < -0.4 is 0 Å². The summed E-state index contributed by atoms with van der Waals surface area (Å²) < 4.78 is 0. The predicted molar refractivity (Wildman–Crippen MR) is 88.0 cm³/mol. The summed E-state index contributed by atoms with van der Waals surface area (Å²) in [5.74, 6) is 5.01. The molecule has 3 rings (SSSR count). The third-order valence-corrected chi connectivity index (χ3v) is 5.75. The van der Waals surface area contributed by atoms with Crippen LogP contribution in [-0.2, 0) is 6.42 Å². The average molecular weight is 292 g/mol. The molecule has 102 valence electrons. The normalized spacial score (nSPS) is 18.3. The van der Waals surface area contributed by atoms with Crippen LogP contribution in [0.3, 0.4) is 0 Å². The van der Waals surface area contributed by atoms with E-state index >= 15 is 0 Å². The monoisotopic (exact) mass is 292 g/mol. The number of hydrogen-bond donors (Lipinski definition) is 1. The highest BCUT2D eigenvalue weighted by atomic mass is 32.2. The molecule has 0 aliphatic carbocycles. The molecule has 4 heteroatoms. The smallest absolute Gasteiger partial charge is 0.0456 e. The lowest BCUT2D eigenvalue weighted by Gasteiger charge is -2.23. The number of rotatable bonds is 3. The van der Waals surface area contributed by atoms with Gasteiger partial charge in [0.25, 0.3) is 0 Å². The molecule has 0 unspecified atom stereocenters. The Morgan fingerprint density at radius 3 is 2.74 bits per heavy atom. The molecule has 1 aromatic heterocycles. The maximum absolute atomic E-state index is 3.37. The van der Waals surface area contributed by atoms with Gasteiger partial charge in [-0.2, -0.15) is 0 Å². The molecule has 0 amide bonds. The van der Waals surface area contributed by atoms with Crippen molar-refractivity contribution in [2.75, 3.05) is 29.8 Å². The first-order valence-electron chi connectivity index (χ1n) is 6.86. The summed E-state index contributed by atoms with van der Waals surface area (Å²) >= 11 is 4.17. The lowest BCUT2D eigenvalue weighted by Crippen LogP contribution is -2.26. The predicted octanol–water partition coefficient (Wildman–Crippen LogP) is 3.80. The molecule has 2 nitrogen and oxygen atoms in total. The van der Waals surface area contributed by atoms with Gasteiger partial charge in [-0.05, 0) is 36.0 Å². The number of nitrogens with zero attached hydrogens (tertiary/aromatic N) is 1. The molecular formula is C15H20N2S2. The number of nitrogens with one attached hydrogen (secondary N) is 1. The van der Waals surface area contributed by atoms with Gasteiger partial charge in [0.15, 0.2) is 0 Å². The highest BCUT2D eigenvalue weighted by Gasteiger charge is 2.10. The first kappa shape index (κ1) is 13.4. The van der Waals surface area contributed by atoms with Crippen LogP contribution in [0.15, 0.2) is 30.5 Å². The molecule has 1 aromatic carbocycles. The van der Waals surface area contributed by atoms with E-state index in [9.17, 15) is 0 Å². The quantitative estimate of drug-likeness (QED) is 0.928. The van der Waals surface area contributed by atoms with Crippen molar-refractivity contribution in [2.45, 2.75) is 12.8 Å². The third-order valence-electron chi connectivity index (χ3n) is 3.50. The Morgan fingerprint density at radius 2 is 1.89 bits per heavy atom. The van der Waals surface area contributed by atoms with Crippen LogP contribution in [0.4, 0.5) is 0 Å². The van der Waals surface area contributed by atoms with Crippen LogP contribution in [-0.4, -0.2) is 39.7 Å². The SMILES string of the molecule is c1ccc2c(CCN3CSCCCSC3)c[nH]c2c1. The second-order valence-electron chi connectivity index (χ2n) is 4.93. The van der Waals surface area contributed by atoms with E-state index in [2.05, 4.69) is 63.9 Å². The molecule has 0 radical (unpaired) electrons. The summed E-state index contributed by atoms with van der Waals surface area (Å²) in [5, 5.41) is 1.38. The Hall–Kier alpha value is -0.580. The topological polar surface area (TPSA) is 19.0 Å². The van der Waals surface area contributed by atoms with E-state index in [-0.39, 0.29) is 0 Å². The summed E-state index contributed by atoms with van der Waals surface area (Å²) in [6.45, 7) is 1.17. The van der Waals surface area contributed by atoms with Gasteiger partial charge in [0.05, 0.1) is 0 Å². The third kappa shape index (κ3) is 3.50. The molecule has 0 saturated carbocycles. The molecule has 2 aromatic rings. The van der Waals surface area contributed by atoms with Crippen molar-refractivity contribution in [3.63, 3.8) is 0 Å². The van der Waals surface area contributed by atoms with Crippen LogP contribution in [0.1, 0.15) is 12.0 Å². The zero-order valence-corrected chi connectivity index (χ0v) is 12.7. The van der Waals surface area contributed by atoms with E-state index in [4.69, 9.17) is 0 Å². The molecular weight excluding hydrogens is 272 g/mol. The fourth-order valence-electron chi connectivity index (χ4n) is 2.43. The maximum atomic E-state index is 3.37. The second-order valence-corrected chi connectivity index (χ2v) is 7.08. The summed E-state index contributed by atoms with van der Waals surface area (Å²) in [6.07, 6.45) is 4.69. The number of benzene rings is 1. The van der Waals surface area contributed by atoms with E-state index < -0.39 is 0 Å². The fraction of sp³-hybridized carbons (Fsp3) is 0.467. The lowest BCUT2D eigenvalue weighted by atomic mass is 10.1. The molecule has 0 atom stereocenters. The van der Waals surface area contributed by atoms with Crippen LogP contribution in [0.5, 0.6) is 0 Å². The molecule has 1 saturated heterocycles. The highest BCUT2D eigenvalue weighted by molar-refractivity contribution is 8.00. The largest absolute Gasteiger partial charge is 0.361 e. The fourth-order valence-corrected chi connectivity index (χ4v) is 4.64. The van der Waals surface area contributed by atoms with E-state index in [1.54, 1.807) is 0 Å². The first-order chi connectivity index (χ1) is 9.43. The zero-order chi connectivity index (χ0) is 12.9. The standard InChI is InChI=1S/C15H20N2S2/c1-2-5-15-14(4-1)13(10-16-15)6-7-17-11-18-8-3-9-19-12-17/h1-2,4-5,10,16H,3,6-9,11-12H2. The first-order valence-corrected chi connectivity index (χ1v) is 9.17. The van der Waals surface area contributed by atoms with Crippen molar-refractivity contribution in [2.24, 2.45) is 0 Å². The Morgan fingerprint density at radius 1 is 1.11 bits per heavy atom. The van der Waals surface area contributed by atoms with Crippen LogP contribution in [0.2, 0.25) is 0 Å². The summed E-state index contributed by atoms with van der Waals surface area (Å²) in [4.78, 5) is 5.95. The Kier molecular flexibility index (Phi) is 4.75. The van der Waals surface area contributed by atoms with Gasteiger partial charge in [0, 0.05) is 35.4 Å². The summed E-state index contributed by atoms with van der Waals surface area (Å²) in [7, 11) is 0. The molecule has 1 aliphatic heterocycles. The van der Waals surface area contributed by atoms with E-state index in [1.807, 2.05) is 0 Å². The minimum absolute atomic E-state index is 1.14. The van der Waals surface area contributed by atoms with Crippen LogP contribution in [0, 0.1) is 0 Å². The molecule has 1 aliphatic rings. The molecule has 2 heterocycles. The van der Waals surface area contributed by atoms with Gasteiger partial charge >= 0.3 is 0 Å². The number of aromatic amines is 1. The van der Waals surface area contributed by atoms with E-state index in [1.165, 1.54) is 52.7 Å². The van der Waals surface area contributed by atoms with Crippen molar-refractivity contribution < 1.29 is 0 Å². The number of para-hydroxylation sites is 1. The number of fused-ring (bicyclic) bond motifs is 1. The molecule has 0 bridgehead atoms. The van der Waals surface area contributed by atoms with Crippen molar-refractivity contribution in [3.05, 3.63) is 36.0 Å². The minimum atomic E-state index is 1.14. The Bertz CT molecular complexity index is 516. The molecule has 0 spiro atoms. The lowest BCUT2D eigenvalue weighted by molar-refractivity contribution is 0.382. The Balaban J connectivity index is 1.61. The van der Waals surface area contributed by atoms with Crippen LogP contribution >= 0.6 is 23.5 Å². The van der Waals surface area contributed by atoms with Gasteiger partial charge in [0.2, 0.25) is 0 Å². The average Bonchev–Trinajstić information content (AvgIpc) is 2.81. The van der Waals surface area contributed by atoms with Gasteiger partial charge in [-0.25, -0.2) is 0 Å². The van der Waals surface area contributed by atoms with Crippen molar-refractivity contribution in [1.29, 1.82) is 0 Å². The molecule has 19 heavy (non-hydrogen) atoms. The summed E-state index contributed by atoms with van der Waals surface area (Å²) in [5.41, 5.74) is 2.71. The maximum Gasteiger partial charge on any atom is 0.0456 e. The van der Waals surface area contributed by atoms with Crippen LogP contribution in [0.25, 0.3) is 10.9 Å². The zero-order valence-electron chi connectivity index (χ0n) is 11.1. The van der Waals surface area contributed by atoms with Gasteiger partial charge in [-0.3, -0.25) is 4.90 Å². The van der Waals surface area contributed by atoms with Gasteiger partial charge in [0.1, 0.15) is 0 Å². The highest BCUT2D eigenvalue weighted by Crippen LogP contribution is 2.20. The van der Waals surface area contributed by atoms with Crippen molar-refractivity contribution in [1.82, 2.24) is 9.88 Å². The number of aromatic nitrogens is 1. The Labute approximate surface area is 123 Å². The summed E-state index contributed by atoms with van der Waals surface area (Å²) in [6, 6.07) is 8.59. The minimum Gasteiger partial charge on any atom is -0.361 e. The van der Waals surface area contributed by atoms with Crippen molar-refractivity contribution in [3.8, 4) is 0 Å². The van der Waals surface area contributed by atoms with E-state index in [0.29, 0.717) is 0 Å². The van der Waals surface area contributed by atoms with Gasteiger partial charge in [-0.1, -0.05) is 18.2 Å². The molecule has 1 fully saturated rings. The van der Waals surface area contributed by atoms with E-state index in [0.717, 1.165) is 6.42 Å². The number of H-pyrrole nitrogens is 1. The number of hydrogen-bond acceptors (Lipinski definition) is 3. The van der Waals surface area contributed by atoms with Gasteiger partial charge < -0.3 is 4.98 Å². The molecule has 1 N–H and O–H groups in total. The van der Waals surface area contributed by atoms with Crippen molar-refractivity contribution >= 4 is 34.4 Å². The number of thioether (sulfide) groups is 2. The van der Waals surface area contributed by atoms with Gasteiger partial charge in [-0.15, -0.1) is 23.5 Å².